The molecule has 7 nitrogen and oxygen atoms in total. The Bertz CT molecular complexity index is 1090. The second-order valence-electron chi connectivity index (χ2n) is 7.45. The zero-order valence-electron chi connectivity index (χ0n) is 16.0. The van der Waals surface area contributed by atoms with E-state index in [1.165, 1.54) is 16.6 Å². The van der Waals surface area contributed by atoms with Gasteiger partial charge in [0.1, 0.15) is 17.2 Å². The molecule has 3 heterocycles. The van der Waals surface area contributed by atoms with Crippen LogP contribution in [0.4, 0.5) is 17.2 Å². The van der Waals surface area contributed by atoms with Crippen LogP contribution in [0.5, 0.6) is 5.75 Å². The van der Waals surface area contributed by atoms with Crippen molar-refractivity contribution in [3.63, 3.8) is 0 Å². The molecule has 1 atom stereocenters. The molecule has 2 aliphatic rings. The molecule has 28 heavy (non-hydrogen) atoms. The van der Waals surface area contributed by atoms with E-state index in [-0.39, 0.29) is 12.5 Å². The first-order valence-corrected chi connectivity index (χ1v) is 9.60. The van der Waals surface area contributed by atoms with Gasteiger partial charge in [-0.3, -0.25) is 4.79 Å². The first kappa shape index (κ1) is 17.1. The number of carbonyl (C=O) groups excluding carboxylic acids is 1. The lowest BCUT2D eigenvalue weighted by atomic mass is 9.92. The van der Waals surface area contributed by atoms with E-state index in [0.717, 1.165) is 36.4 Å². The molecule has 1 aliphatic heterocycles. The fourth-order valence-corrected chi connectivity index (χ4v) is 4.25. The summed E-state index contributed by atoms with van der Waals surface area (Å²) in [4.78, 5) is 16.3. The number of hydrogen-bond acceptors (Lipinski definition) is 5. The molecule has 5 rings (SSSR count). The Morgan fingerprint density at radius 3 is 3.04 bits per heavy atom. The van der Waals surface area contributed by atoms with Crippen molar-refractivity contribution in [2.45, 2.75) is 25.3 Å². The number of amides is 1. The van der Waals surface area contributed by atoms with Gasteiger partial charge in [-0.05, 0) is 56.1 Å². The van der Waals surface area contributed by atoms with Crippen LogP contribution in [0.2, 0.25) is 0 Å². The molecule has 1 aliphatic carbocycles. The molecule has 1 amide bonds. The van der Waals surface area contributed by atoms with Crippen LogP contribution >= 0.6 is 0 Å². The van der Waals surface area contributed by atoms with Crippen LogP contribution in [0.3, 0.4) is 0 Å². The number of nitrogens with zero attached hydrogens (tertiary/aromatic N) is 2. The van der Waals surface area contributed by atoms with E-state index in [1.807, 2.05) is 31.3 Å². The lowest BCUT2D eigenvalue weighted by molar-refractivity contribution is -0.118. The van der Waals surface area contributed by atoms with Crippen molar-refractivity contribution < 1.29 is 9.53 Å². The highest BCUT2D eigenvalue weighted by atomic mass is 16.5. The van der Waals surface area contributed by atoms with Crippen molar-refractivity contribution in [2.24, 2.45) is 7.05 Å². The van der Waals surface area contributed by atoms with Crippen LogP contribution in [0.15, 0.2) is 30.3 Å². The molecule has 3 N–H and O–H groups in total. The van der Waals surface area contributed by atoms with Gasteiger partial charge in [0.25, 0.3) is 5.91 Å². The Balaban J connectivity index is 1.46. The molecular weight excluding hydrogens is 354 g/mol. The summed E-state index contributed by atoms with van der Waals surface area (Å²) in [7, 11) is 4.14. The highest BCUT2D eigenvalue weighted by molar-refractivity contribution is 5.95. The van der Waals surface area contributed by atoms with Gasteiger partial charge < -0.3 is 25.3 Å². The van der Waals surface area contributed by atoms with Gasteiger partial charge in [0.2, 0.25) is 0 Å². The third kappa shape index (κ3) is 2.79. The minimum atomic E-state index is -0.131. The van der Waals surface area contributed by atoms with Crippen molar-refractivity contribution in [3.8, 4) is 5.75 Å². The molecule has 0 spiro atoms. The summed E-state index contributed by atoms with van der Waals surface area (Å²) in [5.74, 6) is 1.32. The van der Waals surface area contributed by atoms with Crippen molar-refractivity contribution in [3.05, 3.63) is 41.6 Å². The van der Waals surface area contributed by atoms with E-state index in [2.05, 4.69) is 33.6 Å². The highest BCUT2D eigenvalue weighted by Gasteiger charge is 2.24. The van der Waals surface area contributed by atoms with Crippen molar-refractivity contribution in [1.29, 1.82) is 0 Å². The Kier molecular flexibility index (Phi) is 3.98. The van der Waals surface area contributed by atoms with Crippen molar-refractivity contribution in [1.82, 2.24) is 14.9 Å². The molecule has 7 heteroatoms. The van der Waals surface area contributed by atoms with E-state index >= 15 is 0 Å². The summed E-state index contributed by atoms with van der Waals surface area (Å²) < 4.78 is 7.73. The molecule has 0 radical (unpaired) electrons. The van der Waals surface area contributed by atoms with E-state index < -0.39 is 0 Å². The maximum Gasteiger partial charge on any atom is 0.262 e. The van der Waals surface area contributed by atoms with E-state index in [9.17, 15) is 4.79 Å². The van der Waals surface area contributed by atoms with Gasteiger partial charge in [0.15, 0.2) is 6.61 Å². The Hall–Kier alpha value is -3.06. The summed E-state index contributed by atoms with van der Waals surface area (Å²) in [5, 5.41) is 10.8. The average molecular weight is 377 g/mol. The van der Waals surface area contributed by atoms with E-state index in [4.69, 9.17) is 9.72 Å². The zero-order chi connectivity index (χ0) is 19.3. The molecule has 0 fully saturated rings. The molecule has 2 aromatic heterocycles. The second-order valence-corrected chi connectivity index (χ2v) is 7.45. The van der Waals surface area contributed by atoms with Crippen LogP contribution in [0, 0.1) is 0 Å². The van der Waals surface area contributed by atoms with Crippen LogP contribution in [0.1, 0.15) is 17.7 Å². The third-order valence-corrected chi connectivity index (χ3v) is 5.75. The van der Waals surface area contributed by atoms with Crippen molar-refractivity contribution >= 4 is 34.1 Å². The number of pyridine rings is 1. The number of nitrogens with one attached hydrogen (secondary N) is 3. The molecule has 0 saturated carbocycles. The van der Waals surface area contributed by atoms with Gasteiger partial charge in [-0.25, -0.2) is 4.98 Å². The predicted molar refractivity (Wildman–Crippen MR) is 109 cm³/mol. The SMILES string of the molecule is CNC1CCc2c(c3ccc(Nc4ccc5c(c4)OCC(=O)N5)nc3n2C)C1. The number of ether oxygens (including phenoxy) is 1. The molecule has 1 aromatic carbocycles. The van der Waals surface area contributed by atoms with Crippen LogP contribution < -0.4 is 20.7 Å². The van der Waals surface area contributed by atoms with E-state index in [0.29, 0.717) is 17.5 Å². The fraction of sp³-hybridized carbons (Fsp3) is 0.333. The summed E-state index contributed by atoms with van der Waals surface area (Å²) in [5.41, 5.74) is 5.38. The van der Waals surface area contributed by atoms with Gasteiger partial charge in [0.05, 0.1) is 5.69 Å². The normalized spacial score (nSPS) is 18.2. The van der Waals surface area contributed by atoms with Crippen LogP contribution in [-0.4, -0.2) is 35.2 Å². The summed E-state index contributed by atoms with van der Waals surface area (Å²) in [6.45, 7) is 0.0448. The number of anilines is 3. The lowest BCUT2D eigenvalue weighted by Crippen LogP contribution is -2.31. The molecule has 144 valence electrons. The first-order chi connectivity index (χ1) is 13.6. The average Bonchev–Trinajstić information content (AvgIpc) is 2.99. The van der Waals surface area contributed by atoms with Gasteiger partial charge in [-0.1, -0.05) is 0 Å². The molecule has 0 saturated heterocycles. The van der Waals surface area contributed by atoms with Gasteiger partial charge >= 0.3 is 0 Å². The third-order valence-electron chi connectivity index (χ3n) is 5.75. The number of rotatable bonds is 3. The van der Waals surface area contributed by atoms with Crippen LogP contribution in [-0.2, 0) is 24.7 Å². The maximum absolute atomic E-state index is 11.4. The number of hydrogen-bond donors (Lipinski definition) is 3. The maximum atomic E-state index is 11.4. The Morgan fingerprint density at radius 2 is 2.18 bits per heavy atom. The Morgan fingerprint density at radius 1 is 1.29 bits per heavy atom. The summed E-state index contributed by atoms with van der Waals surface area (Å²) in [6, 6.07) is 10.4. The van der Waals surface area contributed by atoms with Crippen LogP contribution in [0.25, 0.3) is 11.0 Å². The number of benzene rings is 1. The van der Waals surface area contributed by atoms with Crippen molar-refractivity contribution in [2.75, 3.05) is 24.3 Å². The minimum absolute atomic E-state index is 0.0448. The smallest absolute Gasteiger partial charge is 0.262 e. The topological polar surface area (TPSA) is 80.2 Å². The predicted octanol–water partition coefficient (Wildman–Crippen LogP) is 2.72. The lowest BCUT2D eigenvalue weighted by Gasteiger charge is -2.22. The van der Waals surface area contributed by atoms with Gasteiger partial charge in [-0.2, -0.15) is 0 Å². The zero-order valence-corrected chi connectivity index (χ0v) is 16.0. The summed E-state index contributed by atoms with van der Waals surface area (Å²) >= 11 is 0. The second kappa shape index (κ2) is 6.53. The molecule has 3 aromatic rings. The largest absolute Gasteiger partial charge is 0.482 e. The van der Waals surface area contributed by atoms with Gasteiger partial charge in [0, 0.05) is 35.9 Å². The quantitative estimate of drug-likeness (QED) is 0.654. The number of likely N-dealkylation sites (N-methyl/N-ethyl adjacent to an activating group) is 1. The number of fused-ring (bicyclic) bond motifs is 4. The Labute approximate surface area is 163 Å². The summed E-state index contributed by atoms with van der Waals surface area (Å²) in [6.07, 6.45) is 3.28. The highest BCUT2D eigenvalue weighted by Crippen LogP contribution is 2.34. The fourth-order valence-electron chi connectivity index (χ4n) is 4.25. The number of aromatic nitrogens is 2. The van der Waals surface area contributed by atoms with E-state index in [1.54, 1.807) is 0 Å². The monoisotopic (exact) mass is 377 g/mol. The number of aryl methyl sites for hydroxylation is 1. The van der Waals surface area contributed by atoms with Gasteiger partial charge in [-0.15, -0.1) is 0 Å². The minimum Gasteiger partial charge on any atom is -0.482 e. The standard InChI is InChI=1S/C21H23N5O2/c1-22-12-4-7-17-15(9-12)14-5-8-19(25-21(14)26(17)2)23-13-3-6-16-18(10-13)28-11-20(27)24-16/h3,5-6,8,10,12,22H,4,7,9,11H2,1-2H3,(H,23,25)(H,24,27). The number of carbonyl (C=O) groups is 1. The molecule has 1 unspecified atom stereocenters. The molecular formula is C21H23N5O2. The first-order valence-electron chi connectivity index (χ1n) is 9.60. The molecule has 0 bridgehead atoms.